The molecule has 4 aromatic rings. The van der Waals surface area contributed by atoms with Crippen LogP contribution in [0.2, 0.25) is 0 Å². The lowest BCUT2D eigenvalue weighted by atomic mass is 10.1. The van der Waals surface area contributed by atoms with Gasteiger partial charge in [-0.2, -0.15) is 0 Å². The number of hydrogen-bond donors (Lipinski definition) is 1. The zero-order valence-electron chi connectivity index (χ0n) is 15.7. The van der Waals surface area contributed by atoms with Crippen molar-refractivity contribution in [1.82, 2.24) is 9.38 Å². The van der Waals surface area contributed by atoms with Crippen molar-refractivity contribution in [2.75, 3.05) is 5.32 Å². The SMILES string of the molecule is C/C(=C\c1ccccc1)c1nc2cccc(C)n2c1NCc1ccccc1. The van der Waals surface area contributed by atoms with Gasteiger partial charge in [0.05, 0.1) is 0 Å². The van der Waals surface area contributed by atoms with Crippen molar-refractivity contribution in [3.8, 4) is 0 Å². The Morgan fingerprint density at radius 3 is 2.37 bits per heavy atom. The number of pyridine rings is 1. The van der Waals surface area contributed by atoms with E-state index in [-0.39, 0.29) is 0 Å². The quantitative estimate of drug-likeness (QED) is 0.490. The number of allylic oxidation sites excluding steroid dienone is 1. The second kappa shape index (κ2) is 7.50. The lowest BCUT2D eigenvalue weighted by molar-refractivity contribution is 1.04. The fraction of sp³-hybridized carbons (Fsp3) is 0.125. The minimum absolute atomic E-state index is 0.759. The molecule has 2 heterocycles. The second-order valence-electron chi connectivity index (χ2n) is 6.75. The van der Waals surface area contributed by atoms with E-state index in [9.17, 15) is 0 Å². The lowest BCUT2D eigenvalue weighted by Gasteiger charge is -2.11. The molecule has 0 fully saturated rings. The molecule has 3 nitrogen and oxygen atoms in total. The molecule has 2 aromatic carbocycles. The number of benzene rings is 2. The van der Waals surface area contributed by atoms with E-state index in [4.69, 9.17) is 4.98 Å². The van der Waals surface area contributed by atoms with Crippen LogP contribution in [0, 0.1) is 6.92 Å². The molecule has 3 heteroatoms. The topological polar surface area (TPSA) is 29.3 Å². The predicted molar refractivity (Wildman–Crippen MR) is 114 cm³/mol. The number of anilines is 1. The summed E-state index contributed by atoms with van der Waals surface area (Å²) >= 11 is 0. The molecule has 0 saturated heterocycles. The van der Waals surface area contributed by atoms with Crippen LogP contribution < -0.4 is 5.32 Å². The van der Waals surface area contributed by atoms with Crippen molar-refractivity contribution in [3.63, 3.8) is 0 Å². The van der Waals surface area contributed by atoms with Crippen LogP contribution in [0.3, 0.4) is 0 Å². The van der Waals surface area contributed by atoms with Crippen molar-refractivity contribution >= 4 is 23.1 Å². The highest BCUT2D eigenvalue weighted by Crippen LogP contribution is 2.28. The molecule has 2 aromatic heterocycles. The van der Waals surface area contributed by atoms with Gasteiger partial charge in [0.2, 0.25) is 0 Å². The zero-order valence-corrected chi connectivity index (χ0v) is 15.7. The van der Waals surface area contributed by atoms with Gasteiger partial charge in [0.1, 0.15) is 17.2 Å². The Hall–Kier alpha value is -3.33. The van der Waals surface area contributed by atoms with Crippen LogP contribution in [0.25, 0.3) is 17.3 Å². The zero-order chi connectivity index (χ0) is 18.6. The predicted octanol–water partition coefficient (Wildman–Crippen LogP) is 5.82. The molecule has 0 aliphatic carbocycles. The maximum absolute atomic E-state index is 4.91. The summed E-state index contributed by atoms with van der Waals surface area (Å²) < 4.78 is 2.20. The molecule has 0 radical (unpaired) electrons. The molecule has 0 unspecified atom stereocenters. The fourth-order valence-electron chi connectivity index (χ4n) is 3.34. The van der Waals surface area contributed by atoms with Crippen LogP contribution in [0.5, 0.6) is 0 Å². The Morgan fingerprint density at radius 2 is 1.63 bits per heavy atom. The maximum atomic E-state index is 4.91. The van der Waals surface area contributed by atoms with Crippen molar-refractivity contribution in [2.24, 2.45) is 0 Å². The van der Waals surface area contributed by atoms with Gasteiger partial charge < -0.3 is 5.32 Å². The number of imidazole rings is 1. The fourth-order valence-corrected chi connectivity index (χ4v) is 3.34. The Labute approximate surface area is 160 Å². The molecule has 0 saturated carbocycles. The highest BCUT2D eigenvalue weighted by molar-refractivity contribution is 5.84. The first-order valence-electron chi connectivity index (χ1n) is 9.22. The average Bonchev–Trinajstić information content (AvgIpc) is 3.08. The number of nitrogens with zero attached hydrogens (tertiary/aromatic N) is 2. The number of rotatable bonds is 5. The third-order valence-corrected chi connectivity index (χ3v) is 4.70. The van der Waals surface area contributed by atoms with Crippen LogP contribution in [-0.2, 0) is 6.54 Å². The Bertz CT molecular complexity index is 1080. The van der Waals surface area contributed by atoms with Crippen molar-refractivity contribution in [3.05, 3.63) is 101 Å². The minimum atomic E-state index is 0.759. The van der Waals surface area contributed by atoms with Crippen molar-refractivity contribution in [2.45, 2.75) is 20.4 Å². The Balaban J connectivity index is 1.77. The summed E-state index contributed by atoms with van der Waals surface area (Å²) in [6.45, 7) is 4.99. The van der Waals surface area contributed by atoms with Crippen molar-refractivity contribution in [1.29, 1.82) is 0 Å². The summed E-state index contributed by atoms with van der Waals surface area (Å²) in [5, 5.41) is 3.62. The molecule has 27 heavy (non-hydrogen) atoms. The number of aryl methyl sites for hydroxylation is 1. The molecule has 0 aliphatic rings. The molecule has 0 aliphatic heterocycles. The van der Waals surface area contributed by atoms with Gasteiger partial charge in [-0.05, 0) is 48.8 Å². The van der Waals surface area contributed by atoms with E-state index in [2.05, 4.69) is 96.4 Å². The first kappa shape index (κ1) is 17.1. The van der Waals surface area contributed by atoms with Gasteiger partial charge in [0, 0.05) is 12.2 Å². The van der Waals surface area contributed by atoms with Gasteiger partial charge in [-0.3, -0.25) is 4.40 Å². The van der Waals surface area contributed by atoms with E-state index in [1.165, 1.54) is 11.1 Å². The molecule has 4 rings (SSSR count). The molecular formula is C24H23N3. The van der Waals surface area contributed by atoms with Crippen LogP contribution in [-0.4, -0.2) is 9.38 Å². The first-order valence-corrected chi connectivity index (χ1v) is 9.22. The third-order valence-electron chi connectivity index (χ3n) is 4.70. The minimum Gasteiger partial charge on any atom is -0.365 e. The molecule has 134 valence electrons. The number of nitrogens with one attached hydrogen (secondary N) is 1. The van der Waals surface area contributed by atoms with E-state index in [1.54, 1.807) is 0 Å². The summed E-state index contributed by atoms with van der Waals surface area (Å²) in [7, 11) is 0. The number of aromatic nitrogens is 2. The lowest BCUT2D eigenvalue weighted by Crippen LogP contribution is -2.05. The van der Waals surface area contributed by atoms with Crippen LogP contribution >= 0.6 is 0 Å². The second-order valence-corrected chi connectivity index (χ2v) is 6.75. The van der Waals surface area contributed by atoms with Gasteiger partial charge >= 0.3 is 0 Å². The highest BCUT2D eigenvalue weighted by Gasteiger charge is 2.15. The van der Waals surface area contributed by atoms with Crippen LogP contribution in [0.1, 0.15) is 29.4 Å². The number of fused-ring (bicyclic) bond motifs is 1. The third kappa shape index (κ3) is 3.63. The van der Waals surface area contributed by atoms with E-state index < -0.39 is 0 Å². The molecular weight excluding hydrogens is 330 g/mol. The normalized spacial score (nSPS) is 11.7. The summed E-state index contributed by atoms with van der Waals surface area (Å²) in [4.78, 5) is 4.91. The molecule has 0 spiro atoms. The molecule has 0 amide bonds. The van der Waals surface area contributed by atoms with E-state index in [1.807, 2.05) is 12.1 Å². The maximum Gasteiger partial charge on any atom is 0.139 e. The smallest absolute Gasteiger partial charge is 0.139 e. The van der Waals surface area contributed by atoms with Gasteiger partial charge in [-0.15, -0.1) is 0 Å². The van der Waals surface area contributed by atoms with E-state index in [0.717, 1.165) is 35.0 Å². The molecule has 1 N–H and O–H groups in total. The average molecular weight is 353 g/mol. The monoisotopic (exact) mass is 353 g/mol. The van der Waals surface area contributed by atoms with Gasteiger partial charge in [-0.1, -0.05) is 66.7 Å². The van der Waals surface area contributed by atoms with Crippen LogP contribution in [0.15, 0.2) is 78.9 Å². The van der Waals surface area contributed by atoms with E-state index in [0.29, 0.717) is 0 Å². The highest BCUT2D eigenvalue weighted by atomic mass is 15.1. The molecule has 0 atom stereocenters. The summed E-state index contributed by atoms with van der Waals surface area (Å²) in [6, 6.07) is 27.0. The van der Waals surface area contributed by atoms with Gasteiger partial charge in [-0.25, -0.2) is 4.98 Å². The van der Waals surface area contributed by atoms with Gasteiger partial charge in [0.15, 0.2) is 0 Å². The van der Waals surface area contributed by atoms with E-state index >= 15 is 0 Å². The summed E-state index contributed by atoms with van der Waals surface area (Å²) in [6.07, 6.45) is 2.19. The first-order chi connectivity index (χ1) is 13.2. The Kier molecular flexibility index (Phi) is 4.75. The summed E-state index contributed by atoms with van der Waals surface area (Å²) in [5.41, 5.74) is 6.68. The standard InChI is InChI=1S/C24H23N3/c1-18(16-20-11-5-3-6-12-20)23-24(25-17-21-13-7-4-8-14-21)27-19(2)10-9-15-22(27)26-23/h3-16,25H,17H2,1-2H3/b18-16+. The number of hydrogen-bond acceptors (Lipinski definition) is 2. The Morgan fingerprint density at radius 1 is 0.926 bits per heavy atom. The van der Waals surface area contributed by atoms with Gasteiger partial charge in [0.25, 0.3) is 0 Å². The largest absolute Gasteiger partial charge is 0.365 e. The van der Waals surface area contributed by atoms with Crippen molar-refractivity contribution < 1.29 is 0 Å². The summed E-state index contributed by atoms with van der Waals surface area (Å²) in [5.74, 6) is 1.04. The van der Waals surface area contributed by atoms with Crippen LogP contribution in [0.4, 0.5) is 5.82 Å². The molecule has 0 bridgehead atoms.